The number of aliphatic carboxylic acids is 1. The first-order valence-electron chi connectivity index (χ1n) is 6.70. The second-order valence-corrected chi connectivity index (χ2v) is 5.14. The molecule has 0 unspecified atom stereocenters. The van der Waals surface area contributed by atoms with Crippen LogP contribution in [0.3, 0.4) is 0 Å². The molecule has 5 heteroatoms. The number of hydrogen-bond donors (Lipinski definition) is 1. The van der Waals surface area contributed by atoms with Gasteiger partial charge in [0.15, 0.2) is 17.3 Å². The average molecular weight is 282 g/mol. The Labute approximate surface area is 117 Å². The second-order valence-electron chi connectivity index (χ2n) is 5.14. The van der Waals surface area contributed by atoms with Gasteiger partial charge in [-0.1, -0.05) is 19.3 Å². The molecule has 0 atom stereocenters. The predicted molar refractivity (Wildman–Crippen MR) is 71.9 cm³/mol. The molecule has 1 aromatic carbocycles. The first-order valence-corrected chi connectivity index (χ1v) is 6.70. The number of carbonyl (C=O) groups is 1. The minimum Gasteiger partial charge on any atom is -0.493 e. The van der Waals surface area contributed by atoms with E-state index in [2.05, 4.69) is 0 Å². The SMILES string of the molecule is COc1cc(C2(C(=O)O)CCCCC2)cc(F)c1OC. The summed E-state index contributed by atoms with van der Waals surface area (Å²) in [4.78, 5) is 11.7. The first kappa shape index (κ1) is 14.6. The lowest BCUT2D eigenvalue weighted by Gasteiger charge is -2.34. The Hall–Kier alpha value is -1.78. The van der Waals surface area contributed by atoms with Gasteiger partial charge >= 0.3 is 5.97 Å². The smallest absolute Gasteiger partial charge is 0.314 e. The molecular weight excluding hydrogens is 263 g/mol. The number of ether oxygens (including phenoxy) is 2. The molecule has 20 heavy (non-hydrogen) atoms. The molecule has 1 aliphatic carbocycles. The number of benzene rings is 1. The molecule has 0 radical (unpaired) electrons. The van der Waals surface area contributed by atoms with Crippen molar-refractivity contribution >= 4 is 5.97 Å². The lowest BCUT2D eigenvalue weighted by Crippen LogP contribution is -2.38. The lowest BCUT2D eigenvalue weighted by atomic mass is 9.69. The van der Waals surface area contributed by atoms with Gasteiger partial charge in [-0.2, -0.15) is 0 Å². The summed E-state index contributed by atoms with van der Waals surface area (Å²) in [6, 6.07) is 2.85. The Balaban J connectivity index is 2.54. The van der Waals surface area contributed by atoms with Gasteiger partial charge in [-0.25, -0.2) is 4.39 Å². The fourth-order valence-electron chi connectivity index (χ4n) is 2.98. The van der Waals surface area contributed by atoms with Crippen molar-refractivity contribution in [3.8, 4) is 11.5 Å². The van der Waals surface area contributed by atoms with Crippen LogP contribution in [-0.4, -0.2) is 25.3 Å². The topological polar surface area (TPSA) is 55.8 Å². The maximum absolute atomic E-state index is 14.1. The molecular formula is C15H19FO4. The van der Waals surface area contributed by atoms with E-state index in [4.69, 9.17) is 9.47 Å². The van der Waals surface area contributed by atoms with Crippen LogP contribution in [0.25, 0.3) is 0 Å². The molecule has 0 aliphatic heterocycles. The summed E-state index contributed by atoms with van der Waals surface area (Å²) in [7, 11) is 2.77. The van der Waals surface area contributed by atoms with Crippen LogP contribution in [0.4, 0.5) is 4.39 Å². The molecule has 0 bridgehead atoms. The Bertz CT molecular complexity index is 507. The summed E-state index contributed by atoms with van der Waals surface area (Å²) in [5.74, 6) is -1.25. The molecule has 1 saturated carbocycles. The van der Waals surface area contributed by atoms with Gasteiger partial charge in [-0.05, 0) is 30.5 Å². The molecule has 0 heterocycles. The summed E-state index contributed by atoms with van der Waals surface area (Å²) in [5, 5.41) is 9.63. The maximum atomic E-state index is 14.1. The zero-order valence-electron chi connectivity index (χ0n) is 11.7. The van der Waals surface area contributed by atoms with Crippen LogP contribution in [0.1, 0.15) is 37.7 Å². The van der Waals surface area contributed by atoms with Gasteiger partial charge in [-0.15, -0.1) is 0 Å². The van der Waals surface area contributed by atoms with Crippen molar-refractivity contribution in [3.05, 3.63) is 23.5 Å². The van der Waals surface area contributed by atoms with Crippen LogP contribution in [0.5, 0.6) is 11.5 Å². The highest BCUT2D eigenvalue weighted by Gasteiger charge is 2.42. The van der Waals surface area contributed by atoms with Crippen molar-refractivity contribution in [3.63, 3.8) is 0 Å². The molecule has 1 aliphatic rings. The van der Waals surface area contributed by atoms with E-state index in [1.54, 1.807) is 6.07 Å². The molecule has 0 saturated heterocycles. The number of rotatable bonds is 4. The zero-order chi connectivity index (χ0) is 14.8. The van der Waals surface area contributed by atoms with Crippen LogP contribution >= 0.6 is 0 Å². The van der Waals surface area contributed by atoms with E-state index in [9.17, 15) is 14.3 Å². The summed E-state index contributed by atoms with van der Waals surface area (Å²) in [6.45, 7) is 0. The Kier molecular flexibility index (Phi) is 4.16. The van der Waals surface area contributed by atoms with E-state index in [1.807, 2.05) is 0 Å². The normalized spacial score (nSPS) is 17.6. The fraction of sp³-hybridized carbons (Fsp3) is 0.533. The summed E-state index contributed by atoms with van der Waals surface area (Å²) in [5.41, 5.74) is -0.557. The summed E-state index contributed by atoms with van der Waals surface area (Å²) >= 11 is 0. The first-order chi connectivity index (χ1) is 9.55. The highest BCUT2D eigenvalue weighted by Crippen LogP contribution is 2.43. The fourth-order valence-corrected chi connectivity index (χ4v) is 2.98. The lowest BCUT2D eigenvalue weighted by molar-refractivity contribution is -0.145. The van der Waals surface area contributed by atoms with Gasteiger partial charge in [-0.3, -0.25) is 4.79 Å². The van der Waals surface area contributed by atoms with E-state index in [1.165, 1.54) is 20.3 Å². The summed E-state index contributed by atoms with van der Waals surface area (Å²) < 4.78 is 24.2. The molecule has 1 fully saturated rings. The zero-order valence-corrected chi connectivity index (χ0v) is 11.7. The van der Waals surface area contributed by atoms with Crippen molar-refractivity contribution < 1.29 is 23.8 Å². The minimum atomic E-state index is -1.02. The second kappa shape index (κ2) is 5.69. The average Bonchev–Trinajstić information content (AvgIpc) is 2.46. The van der Waals surface area contributed by atoms with E-state index in [0.717, 1.165) is 19.3 Å². The van der Waals surface area contributed by atoms with E-state index in [-0.39, 0.29) is 11.5 Å². The van der Waals surface area contributed by atoms with Crippen LogP contribution in [-0.2, 0) is 10.2 Å². The molecule has 4 nitrogen and oxygen atoms in total. The molecule has 110 valence electrons. The highest BCUT2D eigenvalue weighted by atomic mass is 19.1. The molecule has 0 aromatic heterocycles. The van der Waals surface area contributed by atoms with Crippen molar-refractivity contribution in [1.29, 1.82) is 0 Å². The van der Waals surface area contributed by atoms with Gasteiger partial charge in [0.05, 0.1) is 19.6 Å². The van der Waals surface area contributed by atoms with Gasteiger partial charge in [0.1, 0.15) is 0 Å². The molecule has 2 rings (SSSR count). The maximum Gasteiger partial charge on any atom is 0.314 e. The van der Waals surface area contributed by atoms with Crippen LogP contribution in [0.15, 0.2) is 12.1 Å². The van der Waals surface area contributed by atoms with Gasteiger partial charge < -0.3 is 14.6 Å². The number of hydrogen-bond acceptors (Lipinski definition) is 3. The Morgan fingerprint density at radius 1 is 1.20 bits per heavy atom. The van der Waals surface area contributed by atoms with E-state index in [0.29, 0.717) is 18.4 Å². The molecule has 0 spiro atoms. The third-order valence-electron chi connectivity index (χ3n) is 4.10. The third kappa shape index (κ3) is 2.32. The highest BCUT2D eigenvalue weighted by molar-refractivity contribution is 5.82. The van der Waals surface area contributed by atoms with Gasteiger partial charge in [0, 0.05) is 0 Å². The summed E-state index contributed by atoms with van der Waals surface area (Å²) in [6.07, 6.45) is 3.74. The largest absolute Gasteiger partial charge is 0.493 e. The number of carboxylic acids is 1. The van der Waals surface area contributed by atoms with Crippen molar-refractivity contribution in [2.45, 2.75) is 37.5 Å². The quantitative estimate of drug-likeness (QED) is 0.921. The molecule has 0 amide bonds. The number of halogens is 1. The Morgan fingerprint density at radius 2 is 1.85 bits per heavy atom. The minimum absolute atomic E-state index is 0.00704. The van der Waals surface area contributed by atoms with Crippen LogP contribution in [0.2, 0.25) is 0 Å². The van der Waals surface area contributed by atoms with E-state index < -0.39 is 17.2 Å². The van der Waals surface area contributed by atoms with Crippen molar-refractivity contribution in [1.82, 2.24) is 0 Å². The number of carboxylic acid groups (broad SMARTS) is 1. The van der Waals surface area contributed by atoms with E-state index >= 15 is 0 Å². The van der Waals surface area contributed by atoms with Crippen LogP contribution < -0.4 is 9.47 Å². The standard InChI is InChI=1S/C15H19FO4/c1-19-12-9-10(8-11(16)13(12)20-2)15(14(17)18)6-4-3-5-7-15/h8-9H,3-7H2,1-2H3,(H,17,18). The predicted octanol–water partition coefficient (Wildman–Crippen LogP) is 3.13. The Morgan fingerprint density at radius 3 is 2.35 bits per heavy atom. The molecule has 1 N–H and O–H groups in total. The van der Waals surface area contributed by atoms with Gasteiger partial charge in [0.2, 0.25) is 0 Å². The monoisotopic (exact) mass is 282 g/mol. The van der Waals surface area contributed by atoms with Crippen LogP contribution in [0, 0.1) is 5.82 Å². The van der Waals surface area contributed by atoms with Crippen molar-refractivity contribution in [2.24, 2.45) is 0 Å². The van der Waals surface area contributed by atoms with Gasteiger partial charge in [0.25, 0.3) is 0 Å². The van der Waals surface area contributed by atoms with Crippen molar-refractivity contribution in [2.75, 3.05) is 14.2 Å². The number of methoxy groups -OCH3 is 2. The molecule has 1 aromatic rings. The third-order valence-corrected chi connectivity index (χ3v) is 4.10.